The highest BCUT2D eigenvalue weighted by molar-refractivity contribution is 7.98. The molecule has 0 aliphatic heterocycles. The molecule has 154 valence electrons. The van der Waals surface area contributed by atoms with E-state index in [0.29, 0.717) is 28.2 Å². The molecular formula is C21H21N5O2S2. The van der Waals surface area contributed by atoms with Crippen molar-refractivity contribution >= 4 is 23.1 Å². The molecule has 0 saturated heterocycles. The summed E-state index contributed by atoms with van der Waals surface area (Å²) in [6.07, 6.45) is 0. The zero-order chi connectivity index (χ0) is 21.1. The minimum atomic E-state index is 0.631. The second kappa shape index (κ2) is 8.76. The molecule has 2 N–H and O–H groups in total. The highest BCUT2D eigenvalue weighted by Gasteiger charge is 2.16. The lowest BCUT2D eigenvalue weighted by Crippen LogP contribution is -2.11. The van der Waals surface area contributed by atoms with Crippen molar-refractivity contribution in [2.24, 2.45) is 0 Å². The van der Waals surface area contributed by atoms with Gasteiger partial charge in [-0.1, -0.05) is 47.7 Å². The van der Waals surface area contributed by atoms with Crippen LogP contribution < -0.4 is 15.3 Å². The predicted molar refractivity (Wildman–Crippen MR) is 121 cm³/mol. The number of benzene rings is 2. The number of nitrogens with zero attached hydrogens (tertiary/aromatic N) is 4. The van der Waals surface area contributed by atoms with E-state index in [1.807, 2.05) is 54.8 Å². The number of thioether (sulfide) groups is 1. The first-order valence-electron chi connectivity index (χ1n) is 9.16. The molecule has 2 heterocycles. The summed E-state index contributed by atoms with van der Waals surface area (Å²) in [4.78, 5) is 4.75. The lowest BCUT2D eigenvalue weighted by molar-refractivity contribution is 0.356. The zero-order valence-electron chi connectivity index (χ0n) is 16.8. The molecule has 0 unspecified atom stereocenters. The summed E-state index contributed by atoms with van der Waals surface area (Å²) in [5.41, 5.74) is 3.96. The summed E-state index contributed by atoms with van der Waals surface area (Å²) >= 11 is 3.06. The van der Waals surface area contributed by atoms with Crippen molar-refractivity contribution in [1.29, 1.82) is 0 Å². The largest absolute Gasteiger partial charge is 0.493 e. The van der Waals surface area contributed by atoms with Gasteiger partial charge in [0.05, 0.1) is 25.5 Å². The van der Waals surface area contributed by atoms with E-state index in [4.69, 9.17) is 20.3 Å². The number of hydrogen-bond donors (Lipinski definition) is 1. The molecule has 0 aliphatic rings. The maximum absolute atomic E-state index is 6.23. The molecule has 0 spiro atoms. The van der Waals surface area contributed by atoms with Crippen molar-refractivity contribution < 1.29 is 9.47 Å². The number of para-hydroxylation sites is 1. The molecular weight excluding hydrogens is 418 g/mol. The van der Waals surface area contributed by atoms with E-state index >= 15 is 0 Å². The molecule has 2 aromatic heterocycles. The molecule has 0 radical (unpaired) electrons. The first kappa shape index (κ1) is 20.2. The molecule has 30 heavy (non-hydrogen) atoms. The normalized spacial score (nSPS) is 10.9. The van der Waals surface area contributed by atoms with Gasteiger partial charge in [0.25, 0.3) is 0 Å². The van der Waals surface area contributed by atoms with Crippen LogP contribution in [0.1, 0.15) is 11.3 Å². The van der Waals surface area contributed by atoms with Crippen molar-refractivity contribution in [3.8, 4) is 33.5 Å². The van der Waals surface area contributed by atoms with Gasteiger partial charge in [0.2, 0.25) is 5.16 Å². The fourth-order valence-corrected chi connectivity index (χ4v) is 4.66. The molecule has 0 atom stereocenters. The highest BCUT2D eigenvalue weighted by Crippen LogP contribution is 2.39. The fourth-order valence-electron chi connectivity index (χ4n) is 2.97. The maximum Gasteiger partial charge on any atom is 0.210 e. The van der Waals surface area contributed by atoms with Gasteiger partial charge in [-0.2, -0.15) is 0 Å². The molecule has 4 aromatic rings. The third-order valence-electron chi connectivity index (χ3n) is 4.51. The van der Waals surface area contributed by atoms with E-state index in [2.05, 4.69) is 10.2 Å². The van der Waals surface area contributed by atoms with Gasteiger partial charge in [-0.25, -0.2) is 9.66 Å². The Morgan fingerprint density at radius 3 is 2.60 bits per heavy atom. The van der Waals surface area contributed by atoms with Crippen molar-refractivity contribution in [2.45, 2.75) is 17.8 Å². The van der Waals surface area contributed by atoms with Gasteiger partial charge in [0.1, 0.15) is 5.01 Å². The number of aromatic nitrogens is 4. The fraction of sp³-hybridized carbons (Fsp3) is 0.190. The number of rotatable bonds is 7. The second-order valence-electron chi connectivity index (χ2n) is 6.52. The van der Waals surface area contributed by atoms with E-state index in [-0.39, 0.29) is 0 Å². The average molecular weight is 440 g/mol. The molecule has 4 rings (SSSR count). The number of hydrogen-bond acceptors (Lipinski definition) is 8. The summed E-state index contributed by atoms with van der Waals surface area (Å²) in [6, 6.07) is 13.8. The van der Waals surface area contributed by atoms with Crippen molar-refractivity contribution in [3.63, 3.8) is 0 Å². The molecule has 0 fully saturated rings. The molecule has 0 amide bonds. The van der Waals surface area contributed by atoms with Gasteiger partial charge in [-0.3, -0.25) is 0 Å². The summed E-state index contributed by atoms with van der Waals surface area (Å²) in [7, 11) is 3.25. The number of ether oxygens (including phenoxy) is 2. The van der Waals surface area contributed by atoms with Crippen LogP contribution in [0.2, 0.25) is 0 Å². The lowest BCUT2D eigenvalue weighted by Gasteiger charge is -2.10. The SMILES string of the molecule is COc1cccc(-c2nc(CSc3nnc(-c4ccc(C)cc4)n3N)cs2)c1OC. The number of methoxy groups -OCH3 is 2. The summed E-state index contributed by atoms with van der Waals surface area (Å²) < 4.78 is 12.4. The molecule has 9 heteroatoms. The van der Waals surface area contributed by atoms with Gasteiger partial charge >= 0.3 is 0 Å². The molecule has 7 nitrogen and oxygen atoms in total. The number of aryl methyl sites for hydroxylation is 1. The first-order valence-corrected chi connectivity index (χ1v) is 11.0. The van der Waals surface area contributed by atoms with Crippen LogP contribution in [0, 0.1) is 6.92 Å². The standard InChI is InChI=1S/C21H21N5O2S2/c1-13-7-9-14(10-8-13)19-24-25-21(26(19)22)30-12-15-11-29-20(23-15)16-5-4-6-17(27-2)18(16)28-3/h4-11H,12,22H2,1-3H3. The lowest BCUT2D eigenvalue weighted by atomic mass is 10.1. The summed E-state index contributed by atoms with van der Waals surface area (Å²) in [5, 5.41) is 12.0. The first-order chi connectivity index (χ1) is 14.6. The summed E-state index contributed by atoms with van der Waals surface area (Å²) in [5.74, 6) is 8.85. The van der Waals surface area contributed by atoms with Crippen LogP contribution in [-0.2, 0) is 5.75 Å². The molecule has 0 bridgehead atoms. The third kappa shape index (κ3) is 3.99. The van der Waals surface area contributed by atoms with E-state index in [1.165, 1.54) is 22.0 Å². The Morgan fingerprint density at radius 2 is 1.87 bits per heavy atom. The van der Waals surface area contributed by atoms with Crippen LogP contribution in [0.25, 0.3) is 22.0 Å². The van der Waals surface area contributed by atoms with Gasteiger partial charge in [0.15, 0.2) is 17.3 Å². The Balaban J connectivity index is 1.50. The number of nitrogen functional groups attached to an aromatic ring is 1. The van der Waals surface area contributed by atoms with Gasteiger partial charge < -0.3 is 15.3 Å². The Morgan fingerprint density at radius 1 is 1.07 bits per heavy atom. The molecule has 0 aliphatic carbocycles. The van der Waals surface area contributed by atoms with Crippen LogP contribution in [0.5, 0.6) is 11.5 Å². The molecule has 2 aromatic carbocycles. The minimum Gasteiger partial charge on any atom is -0.493 e. The topological polar surface area (TPSA) is 88.1 Å². The maximum atomic E-state index is 6.23. The Bertz CT molecular complexity index is 1150. The van der Waals surface area contributed by atoms with Crippen LogP contribution in [-0.4, -0.2) is 34.1 Å². The van der Waals surface area contributed by atoms with E-state index in [9.17, 15) is 0 Å². The Labute approximate surface area is 182 Å². The van der Waals surface area contributed by atoms with E-state index < -0.39 is 0 Å². The quantitative estimate of drug-likeness (QED) is 0.337. The Kier molecular flexibility index (Phi) is 5.91. The van der Waals surface area contributed by atoms with Crippen molar-refractivity contribution in [3.05, 3.63) is 59.1 Å². The van der Waals surface area contributed by atoms with Gasteiger partial charge in [-0.15, -0.1) is 21.5 Å². The van der Waals surface area contributed by atoms with Crippen LogP contribution in [0.4, 0.5) is 0 Å². The van der Waals surface area contributed by atoms with Crippen LogP contribution in [0.15, 0.2) is 53.0 Å². The van der Waals surface area contributed by atoms with Crippen LogP contribution >= 0.6 is 23.1 Å². The minimum absolute atomic E-state index is 0.631. The summed E-state index contributed by atoms with van der Waals surface area (Å²) in [6.45, 7) is 2.04. The zero-order valence-corrected chi connectivity index (χ0v) is 18.5. The van der Waals surface area contributed by atoms with Crippen LogP contribution in [0.3, 0.4) is 0 Å². The van der Waals surface area contributed by atoms with Crippen molar-refractivity contribution in [2.75, 3.05) is 20.1 Å². The van der Waals surface area contributed by atoms with Gasteiger partial charge in [-0.05, 0) is 19.1 Å². The average Bonchev–Trinajstić information content (AvgIpc) is 3.39. The predicted octanol–water partition coefficient (Wildman–Crippen LogP) is 4.40. The monoisotopic (exact) mass is 439 g/mol. The smallest absolute Gasteiger partial charge is 0.210 e. The van der Waals surface area contributed by atoms with E-state index in [1.54, 1.807) is 25.6 Å². The van der Waals surface area contributed by atoms with Crippen molar-refractivity contribution in [1.82, 2.24) is 19.9 Å². The molecule has 0 saturated carbocycles. The van der Waals surface area contributed by atoms with E-state index in [0.717, 1.165) is 21.8 Å². The second-order valence-corrected chi connectivity index (χ2v) is 8.32. The Hall–Kier alpha value is -3.04. The third-order valence-corrected chi connectivity index (χ3v) is 6.41. The number of thiazole rings is 1. The highest BCUT2D eigenvalue weighted by atomic mass is 32.2. The number of nitrogens with two attached hydrogens (primary N) is 1. The van der Waals surface area contributed by atoms with Gasteiger partial charge in [0, 0.05) is 16.7 Å².